The van der Waals surface area contributed by atoms with E-state index in [2.05, 4.69) is 5.32 Å². The Balaban J connectivity index is 2.03. The maximum absolute atomic E-state index is 13.4. The number of nitrogens with one attached hydrogen (secondary N) is 1. The molecule has 2 N–H and O–H groups in total. The molecule has 1 aromatic rings. The zero-order valence-electron chi connectivity index (χ0n) is 14.2. The molecule has 1 heterocycles. The molecule has 146 valence electrons. The van der Waals surface area contributed by atoms with E-state index in [0.717, 1.165) is 18.4 Å². The summed E-state index contributed by atoms with van der Waals surface area (Å²) in [6, 6.07) is 6.55. The van der Waals surface area contributed by atoms with Gasteiger partial charge in [-0.15, -0.1) is 0 Å². The zero-order valence-corrected chi connectivity index (χ0v) is 15.0. The zero-order chi connectivity index (χ0) is 19.6. The molecule has 0 aliphatic carbocycles. The van der Waals surface area contributed by atoms with Crippen molar-refractivity contribution in [2.45, 2.75) is 24.6 Å². The molecule has 0 saturated carbocycles. The molecule has 0 radical (unpaired) electrons. The van der Waals surface area contributed by atoms with Crippen molar-refractivity contribution in [3.05, 3.63) is 35.9 Å². The SMILES string of the molecule is CS(=O)(=O)N1CCC(C(=O)NCC(O)(c2ccccc2)C(F)(F)F)CC1. The number of carbonyl (C=O) groups is 1. The maximum atomic E-state index is 13.4. The number of aliphatic hydroxyl groups is 1. The lowest BCUT2D eigenvalue weighted by Gasteiger charge is -2.33. The second kappa shape index (κ2) is 7.53. The first-order valence-corrected chi connectivity index (χ1v) is 9.87. The number of amides is 1. The minimum atomic E-state index is -4.97. The van der Waals surface area contributed by atoms with Crippen LogP contribution in [0, 0.1) is 5.92 Å². The maximum Gasteiger partial charge on any atom is 0.423 e. The molecule has 0 aromatic heterocycles. The molecule has 1 saturated heterocycles. The summed E-state index contributed by atoms with van der Waals surface area (Å²) in [5.74, 6) is -1.22. The van der Waals surface area contributed by atoms with Crippen molar-refractivity contribution >= 4 is 15.9 Å². The third-order valence-electron chi connectivity index (χ3n) is 4.53. The Labute approximate surface area is 150 Å². The third kappa shape index (κ3) is 4.54. The van der Waals surface area contributed by atoms with Crippen LogP contribution in [0.3, 0.4) is 0 Å². The number of benzene rings is 1. The number of rotatable bonds is 5. The van der Waals surface area contributed by atoms with Gasteiger partial charge in [0.2, 0.25) is 21.5 Å². The van der Waals surface area contributed by atoms with Gasteiger partial charge in [-0.1, -0.05) is 30.3 Å². The van der Waals surface area contributed by atoms with Crippen LogP contribution in [0.2, 0.25) is 0 Å². The molecule has 1 unspecified atom stereocenters. The van der Waals surface area contributed by atoms with E-state index < -0.39 is 40.2 Å². The lowest BCUT2D eigenvalue weighted by molar-refractivity contribution is -0.264. The Morgan fingerprint density at radius 3 is 2.23 bits per heavy atom. The van der Waals surface area contributed by atoms with Gasteiger partial charge in [0.05, 0.1) is 12.8 Å². The molecule has 10 heteroatoms. The van der Waals surface area contributed by atoms with Gasteiger partial charge in [0, 0.05) is 19.0 Å². The molecule has 0 bridgehead atoms. The fourth-order valence-corrected chi connectivity index (χ4v) is 3.76. The normalized spacial score (nSPS) is 19.7. The van der Waals surface area contributed by atoms with Crippen LogP contribution in [-0.2, 0) is 20.4 Å². The largest absolute Gasteiger partial charge is 0.423 e. The van der Waals surface area contributed by atoms with Gasteiger partial charge in [-0.05, 0) is 18.4 Å². The molecule has 1 aliphatic heterocycles. The molecule has 26 heavy (non-hydrogen) atoms. The number of piperidine rings is 1. The van der Waals surface area contributed by atoms with Gasteiger partial charge in [-0.25, -0.2) is 12.7 Å². The quantitative estimate of drug-likeness (QED) is 0.786. The Morgan fingerprint density at radius 2 is 1.77 bits per heavy atom. The average Bonchev–Trinajstić information content (AvgIpc) is 2.58. The fraction of sp³-hybridized carbons (Fsp3) is 0.562. The second-order valence-corrected chi connectivity index (χ2v) is 8.36. The third-order valence-corrected chi connectivity index (χ3v) is 5.84. The summed E-state index contributed by atoms with van der Waals surface area (Å²) in [6.07, 6.45) is -3.47. The van der Waals surface area contributed by atoms with Gasteiger partial charge in [-0.2, -0.15) is 13.2 Å². The van der Waals surface area contributed by atoms with E-state index in [0.29, 0.717) is 0 Å². The van der Waals surface area contributed by atoms with Crippen LogP contribution in [-0.4, -0.2) is 55.8 Å². The van der Waals surface area contributed by atoms with Crippen molar-refractivity contribution in [1.29, 1.82) is 0 Å². The molecular formula is C16H21F3N2O4S. The van der Waals surface area contributed by atoms with Gasteiger partial charge in [0.1, 0.15) is 0 Å². The summed E-state index contributed by atoms with van der Waals surface area (Å²) in [5, 5.41) is 12.4. The number of nitrogens with zero attached hydrogens (tertiary/aromatic N) is 1. The summed E-state index contributed by atoms with van der Waals surface area (Å²) in [5.41, 5.74) is -3.56. The standard InChI is InChI=1S/C16H21F3N2O4S/c1-26(24,25)21-9-7-12(8-10-21)14(22)20-11-15(23,16(17,18)19)13-5-3-2-4-6-13/h2-6,12,23H,7-11H2,1H3,(H,20,22). The molecule has 1 amide bonds. The first-order valence-electron chi connectivity index (χ1n) is 8.02. The van der Waals surface area contributed by atoms with Crippen LogP contribution in [0.1, 0.15) is 18.4 Å². The highest BCUT2D eigenvalue weighted by Crippen LogP contribution is 2.38. The van der Waals surface area contributed by atoms with Crippen molar-refractivity contribution in [2.75, 3.05) is 25.9 Å². The molecule has 1 fully saturated rings. The number of alkyl halides is 3. The second-order valence-electron chi connectivity index (χ2n) is 6.38. The van der Waals surface area contributed by atoms with Crippen LogP contribution in [0.15, 0.2) is 30.3 Å². The molecule has 2 rings (SSSR count). The number of hydrogen-bond acceptors (Lipinski definition) is 4. The highest BCUT2D eigenvalue weighted by Gasteiger charge is 2.55. The summed E-state index contributed by atoms with van der Waals surface area (Å²) in [4.78, 5) is 12.2. The van der Waals surface area contributed by atoms with E-state index in [9.17, 15) is 31.5 Å². The summed E-state index contributed by atoms with van der Waals surface area (Å²) < 4.78 is 64.3. The Hall–Kier alpha value is -1.65. The summed E-state index contributed by atoms with van der Waals surface area (Å²) >= 11 is 0. The van der Waals surface area contributed by atoms with Gasteiger partial charge >= 0.3 is 6.18 Å². The lowest BCUT2D eigenvalue weighted by atomic mass is 9.92. The average molecular weight is 394 g/mol. The number of hydrogen-bond donors (Lipinski definition) is 2. The molecule has 1 atom stereocenters. The van der Waals surface area contributed by atoms with Crippen molar-refractivity contribution in [1.82, 2.24) is 9.62 Å². The number of sulfonamides is 1. The van der Waals surface area contributed by atoms with E-state index in [1.54, 1.807) is 0 Å². The van der Waals surface area contributed by atoms with E-state index in [4.69, 9.17) is 0 Å². The monoisotopic (exact) mass is 394 g/mol. The Morgan fingerprint density at radius 1 is 1.23 bits per heavy atom. The van der Waals surface area contributed by atoms with E-state index in [-0.39, 0.29) is 31.5 Å². The van der Waals surface area contributed by atoms with Crippen LogP contribution in [0.25, 0.3) is 0 Å². The highest BCUT2D eigenvalue weighted by molar-refractivity contribution is 7.88. The molecule has 1 aliphatic rings. The van der Waals surface area contributed by atoms with Gasteiger partial charge in [-0.3, -0.25) is 4.79 Å². The van der Waals surface area contributed by atoms with Crippen LogP contribution in [0.5, 0.6) is 0 Å². The Bertz CT molecular complexity index is 732. The number of carbonyl (C=O) groups excluding carboxylic acids is 1. The Kier molecular flexibility index (Phi) is 5.99. The van der Waals surface area contributed by atoms with Crippen molar-refractivity contribution < 1.29 is 31.5 Å². The van der Waals surface area contributed by atoms with E-state index in [1.165, 1.54) is 22.5 Å². The van der Waals surface area contributed by atoms with Crippen LogP contribution < -0.4 is 5.32 Å². The minimum absolute atomic E-state index is 0.138. The van der Waals surface area contributed by atoms with E-state index >= 15 is 0 Å². The predicted molar refractivity (Wildman–Crippen MR) is 88.5 cm³/mol. The van der Waals surface area contributed by atoms with Crippen LogP contribution in [0.4, 0.5) is 13.2 Å². The van der Waals surface area contributed by atoms with E-state index in [1.807, 2.05) is 0 Å². The smallest absolute Gasteiger partial charge is 0.375 e. The van der Waals surface area contributed by atoms with Gasteiger partial charge in [0.25, 0.3) is 0 Å². The highest BCUT2D eigenvalue weighted by atomic mass is 32.2. The fourth-order valence-electron chi connectivity index (χ4n) is 2.89. The molecule has 0 spiro atoms. The van der Waals surface area contributed by atoms with Crippen molar-refractivity contribution in [2.24, 2.45) is 5.92 Å². The van der Waals surface area contributed by atoms with Gasteiger partial charge in [0.15, 0.2) is 0 Å². The molecule has 6 nitrogen and oxygen atoms in total. The predicted octanol–water partition coefficient (Wildman–Crippen LogP) is 1.22. The number of halogens is 3. The first kappa shape index (κ1) is 20.7. The minimum Gasteiger partial charge on any atom is -0.375 e. The van der Waals surface area contributed by atoms with Gasteiger partial charge < -0.3 is 10.4 Å². The molecule has 1 aromatic carbocycles. The summed E-state index contributed by atoms with van der Waals surface area (Å²) in [6.45, 7) is -0.732. The summed E-state index contributed by atoms with van der Waals surface area (Å²) in [7, 11) is -3.35. The lowest BCUT2D eigenvalue weighted by Crippen LogP contribution is -2.52. The van der Waals surface area contributed by atoms with Crippen molar-refractivity contribution in [3.63, 3.8) is 0 Å². The van der Waals surface area contributed by atoms with Crippen LogP contribution >= 0.6 is 0 Å². The molecular weight excluding hydrogens is 373 g/mol. The topological polar surface area (TPSA) is 86.7 Å². The van der Waals surface area contributed by atoms with Crippen molar-refractivity contribution in [3.8, 4) is 0 Å². The first-order chi connectivity index (χ1) is 11.9.